The maximum absolute atomic E-state index is 5.79. The van der Waals surface area contributed by atoms with E-state index in [1.165, 1.54) is 0 Å². The molecule has 3 saturated heterocycles. The van der Waals surface area contributed by atoms with Crippen molar-refractivity contribution in [3.8, 4) is 11.5 Å². The standard InChI is InChI=1S/C14H18O5/c1-13-7-17-14(18-8-13,19-9-13)10-4-5-11(15-2)12(6-10)16-3/h4-6H,7-9H2,1-3H3. The van der Waals surface area contributed by atoms with Crippen LogP contribution in [-0.2, 0) is 20.2 Å². The van der Waals surface area contributed by atoms with Gasteiger partial charge in [-0.15, -0.1) is 0 Å². The fourth-order valence-electron chi connectivity index (χ4n) is 2.33. The number of methoxy groups -OCH3 is 2. The summed E-state index contributed by atoms with van der Waals surface area (Å²) in [5.41, 5.74) is 0.741. The van der Waals surface area contributed by atoms with Crippen molar-refractivity contribution < 1.29 is 23.7 Å². The molecule has 104 valence electrons. The summed E-state index contributed by atoms with van der Waals surface area (Å²) in [4.78, 5) is 0. The molecule has 1 aromatic carbocycles. The molecule has 3 fully saturated rings. The summed E-state index contributed by atoms with van der Waals surface area (Å²) in [7, 11) is 3.20. The highest BCUT2D eigenvalue weighted by atomic mass is 16.9. The largest absolute Gasteiger partial charge is 0.493 e. The third-order valence-corrected chi connectivity index (χ3v) is 3.57. The van der Waals surface area contributed by atoms with E-state index in [2.05, 4.69) is 6.92 Å². The van der Waals surface area contributed by atoms with Gasteiger partial charge in [-0.3, -0.25) is 0 Å². The van der Waals surface area contributed by atoms with Crippen LogP contribution in [0.25, 0.3) is 0 Å². The molecule has 0 amide bonds. The van der Waals surface area contributed by atoms with Crippen LogP contribution in [-0.4, -0.2) is 34.0 Å². The maximum Gasteiger partial charge on any atom is 0.312 e. The van der Waals surface area contributed by atoms with Gasteiger partial charge in [0, 0.05) is 11.0 Å². The van der Waals surface area contributed by atoms with E-state index < -0.39 is 5.97 Å². The molecule has 19 heavy (non-hydrogen) atoms. The van der Waals surface area contributed by atoms with Crippen molar-refractivity contribution in [3.63, 3.8) is 0 Å². The summed E-state index contributed by atoms with van der Waals surface area (Å²) in [5.74, 6) is 0.195. The van der Waals surface area contributed by atoms with Gasteiger partial charge in [-0.2, -0.15) is 0 Å². The van der Waals surface area contributed by atoms with Crippen LogP contribution in [0.4, 0.5) is 0 Å². The highest BCUT2D eigenvalue weighted by Crippen LogP contribution is 2.45. The van der Waals surface area contributed by atoms with Crippen LogP contribution in [0.5, 0.6) is 11.5 Å². The summed E-state index contributed by atoms with van der Waals surface area (Å²) in [6.45, 7) is 3.97. The van der Waals surface area contributed by atoms with Gasteiger partial charge < -0.3 is 23.7 Å². The van der Waals surface area contributed by atoms with Crippen molar-refractivity contribution in [3.05, 3.63) is 23.8 Å². The molecule has 1 aromatic rings. The van der Waals surface area contributed by atoms with Gasteiger partial charge in [0.05, 0.1) is 34.0 Å². The first-order chi connectivity index (χ1) is 9.11. The molecule has 3 aliphatic heterocycles. The Morgan fingerprint density at radius 1 is 0.947 bits per heavy atom. The number of benzene rings is 1. The Hall–Kier alpha value is -1.30. The van der Waals surface area contributed by atoms with Crippen LogP contribution in [0.2, 0.25) is 0 Å². The number of rotatable bonds is 3. The average Bonchev–Trinajstić information content (AvgIpc) is 2.47. The molecular weight excluding hydrogens is 248 g/mol. The Bertz CT molecular complexity index is 460. The highest BCUT2D eigenvalue weighted by Gasteiger charge is 2.51. The third kappa shape index (κ3) is 1.98. The van der Waals surface area contributed by atoms with Gasteiger partial charge in [0.15, 0.2) is 11.5 Å². The zero-order chi connectivity index (χ0) is 13.5. The maximum atomic E-state index is 5.79. The van der Waals surface area contributed by atoms with Gasteiger partial charge in [0.25, 0.3) is 0 Å². The van der Waals surface area contributed by atoms with Gasteiger partial charge in [-0.05, 0) is 18.2 Å². The molecule has 0 aliphatic carbocycles. The van der Waals surface area contributed by atoms with Crippen LogP contribution < -0.4 is 9.47 Å². The zero-order valence-electron chi connectivity index (χ0n) is 11.4. The molecule has 3 heterocycles. The monoisotopic (exact) mass is 266 g/mol. The summed E-state index contributed by atoms with van der Waals surface area (Å²) >= 11 is 0. The van der Waals surface area contributed by atoms with Crippen LogP contribution in [0.3, 0.4) is 0 Å². The lowest BCUT2D eigenvalue weighted by Gasteiger charge is -2.50. The molecule has 0 saturated carbocycles. The van der Waals surface area contributed by atoms with Crippen LogP contribution in [0.1, 0.15) is 12.5 Å². The minimum absolute atomic E-state index is 0.0433. The van der Waals surface area contributed by atoms with E-state index in [9.17, 15) is 0 Å². The number of hydrogen-bond acceptors (Lipinski definition) is 5. The van der Waals surface area contributed by atoms with Crippen LogP contribution >= 0.6 is 0 Å². The first-order valence-corrected chi connectivity index (χ1v) is 6.25. The normalized spacial score (nSPS) is 33.2. The second-order valence-electron chi connectivity index (χ2n) is 5.30. The van der Waals surface area contributed by atoms with Crippen molar-refractivity contribution in [2.75, 3.05) is 34.0 Å². The van der Waals surface area contributed by atoms with E-state index >= 15 is 0 Å². The topological polar surface area (TPSA) is 46.2 Å². The van der Waals surface area contributed by atoms with Crippen molar-refractivity contribution in [2.24, 2.45) is 5.41 Å². The average molecular weight is 266 g/mol. The fraction of sp³-hybridized carbons (Fsp3) is 0.571. The third-order valence-electron chi connectivity index (χ3n) is 3.57. The lowest BCUT2D eigenvalue weighted by atomic mass is 9.91. The second kappa shape index (κ2) is 4.37. The van der Waals surface area contributed by atoms with E-state index in [0.29, 0.717) is 31.3 Å². The smallest absolute Gasteiger partial charge is 0.312 e. The van der Waals surface area contributed by atoms with Crippen molar-refractivity contribution in [2.45, 2.75) is 12.9 Å². The Morgan fingerprint density at radius 3 is 2.05 bits per heavy atom. The van der Waals surface area contributed by atoms with E-state index in [1.54, 1.807) is 14.2 Å². The zero-order valence-corrected chi connectivity index (χ0v) is 11.4. The number of ether oxygens (including phenoxy) is 5. The van der Waals surface area contributed by atoms with Gasteiger partial charge in [0.2, 0.25) is 0 Å². The van der Waals surface area contributed by atoms with Gasteiger partial charge in [0.1, 0.15) is 0 Å². The highest BCUT2D eigenvalue weighted by molar-refractivity contribution is 5.44. The minimum Gasteiger partial charge on any atom is -0.493 e. The van der Waals surface area contributed by atoms with Gasteiger partial charge in [-0.25, -0.2) is 0 Å². The summed E-state index contributed by atoms with van der Waals surface area (Å²) < 4.78 is 27.9. The lowest BCUT2D eigenvalue weighted by molar-refractivity contribution is -0.477. The van der Waals surface area contributed by atoms with Gasteiger partial charge >= 0.3 is 5.97 Å². The van der Waals surface area contributed by atoms with Gasteiger partial charge in [-0.1, -0.05) is 6.92 Å². The Labute approximate surface area is 112 Å². The predicted molar refractivity (Wildman–Crippen MR) is 67.2 cm³/mol. The van der Waals surface area contributed by atoms with Crippen molar-refractivity contribution in [1.29, 1.82) is 0 Å². The van der Waals surface area contributed by atoms with E-state index in [0.717, 1.165) is 5.56 Å². The molecule has 0 atom stereocenters. The van der Waals surface area contributed by atoms with Crippen LogP contribution in [0.15, 0.2) is 18.2 Å². The predicted octanol–water partition coefficient (Wildman–Crippen LogP) is 1.90. The molecule has 4 rings (SSSR count). The summed E-state index contributed by atoms with van der Waals surface area (Å²) in [5, 5.41) is 0. The number of fused-ring (bicyclic) bond motifs is 3. The molecule has 0 unspecified atom stereocenters. The van der Waals surface area contributed by atoms with E-state index in [-0.39, 0.29) is 5.41 Å². The lowest BCUT2D eigenvalue weighted by Crippen LogP contribution is -2.57. The molecule has 0 aromatic heterocycles. The SMILES string of the molecule is COc1ccc(C23OCC(C)(CO2)CO3)cc1OC. The molecule has 0 spiro atoms. The van der Waals surface area contributed by atoms with Crippen LogP contribution in [0, 0.1) is 5.41 Å². The van der Waals surface area contributed by atoms with E-state index in [1.807, 2.05) is 18.2 Å². The molecule has 3 aliphatic rings. The summed E-state index contributed by atoms with van der Waals surface area (Å²) in [6, 6.07) is 5.52. The van der Waals surface area contributed by atoms with E-state index in [4.69, 9.17) is 23.7 Å². The first-order valence-electron chi connectivity index (χ1n) is 6.25. The minimum atomic E-state index is -1.10. The van der Waals surface area contributed by atoms with Crippen molar-refractivity contribution in [1.82, 2.24) is 0 Å². The molecular formula is C14H18O5. The molecule has 0 N–H and O–H groups in total. The molecule has 5 heteroatoms. The fourth-order valence-corrected chi connectivity index (χ4v) is 2.33. The quantitative estimate of drug-likeness (QED) is 0.836. The second-order valence-corrected chi connectivity index (χ2v) is 5.30. The Kier molecular flexibility index (Phi) is 2.92. The number of hydrogen-bond donors (Lipinski definition) is 0. The molecule has 2 bridgehead atoms. The Balaban J connectivity index is 1.94. The molecule has 5 nitrogen and oxygen atoms in total. The summed E-state index contributed by atoms with van der Waals surface area (Å²) in [6.07, 6.45) is 0. The Morgan fingerprint density at radius 2 is 1.53 bits per heavy atom. The molecule has 0 radical (unpaired) electrons. The first kappa shape index (κ1) is 12.7. The van der Waals surface area contributed by atoms with Crippen molar-refractivity contribution >= 4 is 0 Å².